The molecule has 0 spiro atoms. The van der Waals surface area contributed by atoms with Crippen LogP contribution in [0, 0.1) is 0 Å². The zero-order valence-corrected chi connectivity index (χ0v) is 24.8. The molecule has 0 fully saturated rings. The lowest BCUT2D eigenvalue weighted by atomic mass is 9.99. The number of benzene rings is 6. The lowest BCUT2D eigenvalue weighted by Gasteiger charge is -2.14. The quantitative estimate of drug-likeness (QED) is 0.195. The van der Waals surface area contributed by atoms with E-state index in [0.717, 1.165) is 58.0 Å². The molecule has 1 aliphatic rings. The van der Waals surface area contributed by atoms with Crippen molar-refractivity contribution in [1.82, 2.24) is 4.57 Å². The van der Waals surface area contributed by atoms with Crippen LogP contribution >= 0.6 is 0 Å². The maximum absolute atomic E-state index is 5.21. The highest BCUT2D eigenvalue weighted by atomic mass is 15.0. The van der Waals surface area contributed by atoms with Crippen LogP contribution in [-0.2, 0) is 0 Å². The average Bonchev–Trinajstić information content (AvgIpc) is 3.43. The van der Waals surface area contributed by atoms with Gasteiger partial charge in [0.15, 0.2) is 5.84 Å². The van der Waals surface area contributed by atoms with Gasteiger partial charge in [0.2, 0.25) is 0 Å². The number of hydrogen-bond donors (Lipinski definition) is 0. The van der Waals surface area contributed by atoms with E-state index in [1.54, 1.807) is 0 Å². The van der Waals surface area contributed by atoms with Crippen molar-refractivity contribution in [2.75, 3.05) is 0 Å². The molecule has 0 N–H and O–H groups in total. The zero-order valence-electron chi connectivity index (χ0n) is 24.8. The maximum atomic E-state index is 5.21. The summed E-state index contributed by atoms with van der Waals surface area (Å²) < 4.78 is 2.37. The van der Waals surface area contributed by atoms with E-state index in [1.165, 1.54) is 27.4 Å². The number of aliphatic imine (C=N–C) groups is 2. The van der Waals surface area contributed by atoms with Gasteiger partial charge in [-0.3, -0.25) is 0 Å². The highest BCUT2D eigenvalue weighted by Crippen LogP contribution is 2.35. The number of fused-ring (bicyclic) bond motifs is 3. The maximum Gasteiger partial charge on any atom is 0.160 e. The van der Waals surface area contributed by atoms with Crippen molar-refractivity contribution >= 4 is 39.1 Å². The fourth-order valence-electron chi connectivity index (χ4n) is 6.32. The lowest BCUT2D eigenvalue weighted by molar-refractivity contribution is 1.08. The fraction of sp³-hybridized carbons (Fsp3) is 0.0476. The first-order chi connectivity index (χ1) is 22.3. The molecule has 0 amide bonds. The first kappa shape index (κ1) is 26.8. The Morgan fingerprint density at radius 1 is 0.444 bits per heavy atom. The molecule has 0 bridgehead atoms. The molecule has 2 heterocycles. The van der Waals surface area contributed by atoms with Gasteiger partial charge in [0.25, 0.3) is 0 Å². The summed E-state index contributed by atoms with van der Waals surface area (Å²) in [6, 6.07) is 55.6. The number of aromatic nitrogens is 1. The van der Waals surface area contributed by atoms with Crippen molar-refractivity contribution in [3.05, 3.63) is 180 Å². The minimum atomic E-state index is 0.736. The van der Waals surface area contributed by atoms with Crippen LogP contribution in [0.5, 0.6) is 0 Å². The first-order valence-electron chi connectivity index (χ1n) is 15.5. The molecule has 0 saturated heterocycles. The number of nitrogens with zero attached hydrogens (tertiary/aromatic N) is 3. The topological polar surface area (TPSA) is 29.6 Å². The van der Waals surface area contributed by atoms with Crippen LogP contribution in [0.2, 0.25) is 0 Å². The average molecular weight is 578 g/mol. The smallest absolute Gasteiger partial charge is 0.160 e. The second-order valence-corrected chi connectivity index (χ2v) is 11.4. The standard InChI is InChI=1S/C42H31N3/c1-4-14-30(15-5-1)38-23-13-24-39(44-42(43-38)31-16-6-2-7-17-31)34-19-12-18-32(28-34)33-26-27-37-36-22-10-11-25-40(36)45(41(37)29-33)35-20-8-3-9-21-35/h1-12,14-22,24-29H,13,23H2. The summed E-state index contributed by atoms with van der Waals surface area (Å²) >= 11 is 0. The minimum Gasteiger partial charge on any atom is -0.309 e. The van der Waals surface area contributed by atoms with Crippen molar-refractivity contribution in [1.29, 1.82) is 0 Å². The van der Waals surface area contributed by atoms with Gasteiger partial charge in [0, 0.05) is 27.6 Å². The van der Waals surface area contributed by atoms with Crippen molar-refractivity contribution in [3.63, 3.8) is 0 Å². The van der Waals surface area contributed by atoms with Gasteiger partial charge in [-0.15, -0.1) is 0 Å². The Morgan fingerprint density at radius 3 is 1.87 bits per heavy atom. The van der Waals surface area contributed by atoms with Crippen molar-refractivity contribution in [3.8, 4) is 16.8 Å². The molecule has 6 aromatic carbocycles. The van der Waals surface area contributed by atoms with Crippen molar-refractivity contribution < 1.29 is 0 Å². The van der Waals surface area contributed by atoms with Gasteiger partial charge in [-0.25, -0.2) is 9.98 Å². The molecular weight excluding hydrogens is 546 g/mol. The fourth-order valence-corrected chi connectivity index (χ4v) is 6.32. The van der Waals surface area contributed by atoms with Crippen LogP contribution in [0.3, 0.4) is 0 Å². The predicted molar refractivity (Wildman–Crippen MR) is 189 cm³/mol. The Hall–Kier alpha value is -5.80. The summed E-state index contributed by atoms with van der Waals surface area (Å²) in [7, 11) is 0. The van der Waals surface area contributed by atoms with Gasteiger partial charge >= 0.3 is 0 Å². The van der Waals surface area contributed by atoms with Crippen LogP contribution < -0.4 is 0 Å². The molecule has 1 aromatic heterocycles. The Bertz CT molecular complexity index is 2240. The number of para-hydroxylation sites is 2. The van der Waals surface area contributed by atoms with Crippen LogP contribution in [0.15, 0.2) is 174 Å². The van der Waals surface area contributed by atoms with Gasteiger partial charge in [0.1, 0.15) is 0 Å². The first-order valence-corrected chi connectivity index (χ1v) is 15.5. The molecule has 0 atom stereocenters. The van der Waals surface area contributed by atoms with Crippen LogP contribution in [0.25, 0.3) is 44.3 Å². The number of rotatable bonds is 5. The molecule has 3 heteroatoms. The second kappa shape index (κ2) is 11.7. The zero-order chi connectivity index (χ0) is 30.0. The molecule has 1 aliphatic heterocycles. The van der Waals surface area contributed by atoms with Gasteiger partial charge in [-0.2, -0.15) is 0 Å². The molecule has 8 rings (SSSR count). The van der Waals surface area contributed by atoms with Crippen molar-refractivity contribution in [2.45, 2.75) is 12.8 Å². The third-order valence-corrected chi connectivity index (χ3v) is 8.50. The molecule has 7 aromatic rings. The summed E-state index contributed by atoms with van der Waals surface area (Å²) in [6.07, 6.45) is 3.97. The molecular formula is C42H31N3. The lowest BCUT2D eigenvalue weighted by Crippen LogP contribution is -2.09. The summed E-state index contributed by atoms with van der Waals surface area (Å²) in [6.45, 7) is 0. The molecule has 0 radical (unpaired) electrons. The minimum absolute atomic E-state index is 0.736. The number of allylic oxidation sites excluding steroid dienone is 1. The summed E-state index contributed by atoms with van der Waals surface area (Å²) in [5, 5.41) is 2.51. The molecule has 214 valence electrons. The molecule has 0 aliphatic carbocycles. The van der Waals surface area contributed by atoms with Gasteiger partial charge < -0.3 is 4.57 Å². The van der Waals surface area contributed by atoms with Crippen LogP contribution in [0.1, 0.15) is 29.5 Å². The van der Waals surface area contributed by atoms with E-state index in [9.17, 15) is 0 Å². The van der Waals surface area contributed by atoms with E-state index < -0.39 is 0 Å². The highest BCUT2D eigenvalue weighted by Gasteiger charge is 2.15. The molecule has 3 nitrogen and oxygen atoms in total. The molecule has 45 heavy (non-hydrogen) atoms. The van der Waals surface area contributed by atoms with E-state index in [4.69, 9.17) is 9.98 Å². The third kappa shape index (κ3) is 5.19. The monoisotopic (exact) mass is 577 g/mol. The molecule has 0 unspecified atom stereocenters. The van der Waals surface area contributed by atoms with E-state index in [0.29, 0.717) is 0 Å². The largest absolute Gasteiger partial charge is 0.309 e. The van der Waals surface area contributed by atoms with Gasteiger partial charge in [-0.05, 0) is 59.9 Å². The van der Waals surface area contributed by atoms with E-state index in [-0.39, 0.29) is 0 Å². The Labute approximate surface area is 263 Å². The predicted octanol–water partition coefficient (Wildman–Crippen LogP) is 10.5. The summed E-state index contributed by atoms with van der Waals surface area (Å²) in [4.78, 5) is 10.4. The van der Waals surface area contributed by atoms with Gasteiger partial charge in [-0.1, -0.05) is 133 Å². The Morgan fingerprint density at radius 2 is 1.07 bits per heavy atom. The third-order valence-electron chi connectivity index (χ3n) is 8.50. The molecule has 0 saturated carbocycles. The normalized spacial score (nSPS) is 13.6. The highest BCUT2D eigenvalue weighted by molar-refractivity contribution is 6.14. The Balaban J connectivity index is 1.23. The summed E-state index contributed by atoms with van der Waals surface area (Å²) in [5.41, 5.74) is 11.1. The SMILES string of the molecule is C1=C(c2cccc(-c3ccc4c5ccccc5n(-c5ccccc5)c4c3)c2)N=C(c2ccccc2)N=C(c2ccccc2)CC1. The number of amidine groups is 1. The van der Waals surface area contributed by atoms with Crippen LogP contribution in [-0.4, -0.2) is 16.1 Å². The van der Waals surface area contributed by atoms with Gasteiger partial charge in [0.05, 0.1) is 22.4 Å². The van der Waals surface area contributed by atoms with E-state index >= 15 is 0 Å². The van der Waals surface area contributed by atoms with Crippen LogP contribution in [0.4, 0.5) is 0 Å². The van der Waals surface area contributed by atoms with E-state index in [1.807, 2.05) is 24.3 Å². The Kier molecular flexibility index (Phi) is 6.97. The second-order valence-electron chi connectivity index (χ2n) is 11.4. The summed E-state index contributed by atoms with van der Waals surface area (Å²) in [5.74, 6) is 0.736. The van der Waals surface area contributed by atoms with E-state index in [2.05, 4.69) is 144 Å². The number of hydrogen-bond acceptors (Lipinski definition) is 2. The van der Waals surface area contributed by atoms with Crippen molar-refractivity contribution in [2.24, 2.45) is 9.98 Å².